The zero-order valence-electron chi connectivity index (χ0n) is 9.66. The number of rotatable bonds is 2. The van der Waals surface area contributed by atoms with Crippen LogP contribution in [0.3, 0.4) is 0 Å². The third-order valence-corrected chi connectivity index (χ3v) is 3.54. The van der Waals surface area contributed by atoms with Crippen molar-refractivity contribution in [2.24, 2.45) is 0 Å². The molecule has 0 amide bonds. The van der Waals surface area contributed by atoms with Crippen LogP contribution in [0.25, 0.3) is 0 Å². The summed E-state index contributed by atoms with van der Waals surface area (Å²) in [7, 11) is 2.11. The van der Waals surface area contributed by atoms with E-state index >= 15 is 0 Å². The summed E-state index contributed by atoms with van der Waals surface area (Å²) in [6.45, 7) is 4.25. The summed E-state index contributed by atoms with van der Waals surface area (Å²) in [5, 5.41) is 15.5. The Bertz CT molecular complexity index is 392. The Balaban J connectivity index is 2.19. The van der Waals surface area contributed by atoms with Gasteiger partial charge in [-0.2, -0.15) is 5.10 Å². The van der Waals surface area contributed by atoms with Crippen LogP contribution in [0.4, 0.5) is 0 Å². The maximum absolute atomic E-state index is 10.8. The molecule has 1 aromatic rings. The molecule has 0 aliphatic carbocycles. The molecule has 0 aromatic carbocycles. The molecule has 0 unspecified atom stereocenters. The molecule has 0 radical (unpaired) electrons. The molecule has 88 valence electrons. The van der Waals surface area contributed by atoms with Crippen LogP contribution in [0.1, 0.15) is 35.9 Å². The Kier molecular flexibility index (Phi) is 2.71. The van der Waals surface area contributed by atoms with Crippen LogP contribution in [0.15, 0.2) is 6.07 Å². The second-order valence-electron chi connectivity index (χ2n) is 4.84. The lowest BCUT2D eigenvalue weighted by Gasteiger charge is -2.36. The third-order valence-electron chi connectivity index (χ3n) is 3.54. The number of carbonyl (C=O) groups is 1. The van der Waals surface area contributed by atoms with Gasteiger partial charge < -0.3 is 10.0 Å². The lowest BCUT2D eigenvalue weighted by molar-refractivity contribution is 0.0690. The van der Waals surface area contributed by atoms with Gasteiger partial charge in [-0.1, -0.05) is 6.92 Å². The van der Waals surface area contributed by atoms with Crippen molar-refractivity contribution >= 4 is 5.97 Å². The summed E-state index contributed by atoms with van der Waals surface area (Å²) in [5.74, 6) is -0.973. The lowest BCUT2D eigenvalue weighted by Crippen LogP contribution is -2.39. The average Bonchev–Trinajstić information content (AvgIpc) is 2.72. The van der Waals surface area contributed by atoms with E-state index in [2.05, 4.69) is 29.1 Å². The Labute approximate surface area is 94.5 Å². The summed E-state index contributed by atoms with van der Waals surface area (Å²) in [4.78, 5) is 13.1. The van der Waals surface area contributed by atoms with Crippen LogP contribution in [-0.2, 0) is 5.41 Å². The molecular formula is C11H17N3O2. The molecule has 0 bridgehead atoms. The number of nitrogens with zero attached hydrogens (tertiary/aromatic N) is 2. The molecule has 0 atom stereocenters. The van der Waals surface area contributed by atoms with Crippen molar-refractivity contribution in [3.05, 3.63) is 17.5 Å². The highest BCUT2D eigenvalue weighted by atomic mass is 16.4. The first kappa shape index (κ1) is 11.1. The number of hydrogen-bond acceptors (Lipinski definition) is 3. The van der Waals surface area contributed by atoms with E-state index in [9.17, 15) is 4.79 Å². The third kappa shape index (κ3) is 1.95. The summed E-state index contributed by atoms with van der Waals surface area (Å²) in [6.07, 6.45) is 2.06. The number of carboxylic acid groups (broad SMARTS) is 1. The highest BCUT2D eigenvalue weighted by Crippen LogP contribution is 2.33. The molecule has 5 nitrogen and oxygen atoms in total. The maximum atomic E-state index is 10.8. The fourth-order valence-corrected chi connectivity index (χ4v) is 2.12. The normalized spacial score (nSPS) is 20.9. The number of hydrogen-bond donors (Lipinski definition) is 2. The monoisotopic (exact) mass is 223 g/mol. The van der Waals surface area contributed by atoms with Gasteiger partial charge in [0.1, 0.15) is 0 Å². The predicted molar refractivity (Wildman–Crippen MR) is 59.6 cm³/mol. The Morgan fingerprint density at radius 1 is 1.56 bits per heavy atom. The van der Waals surface area contributed by atoms with Gasteiger partial charge in [0.15, 0.2) is 5.69 Å². The van der Waals surface area contributed by atoms with Gasteiger partial charge in [0.25, 0.3) is 0 Å². The minimum absolute atomic E-state index is 0.0349. The molecule has 2 heterocycles. The van der Waals surface area contributed by atoms with Gasteiger partial charge in [-0.05, 0) is 39.0 Å². The van der Waals surface area contributed by atoms with Crippen LogP contribution in [0, 0.1) is 0 Å². The first-order valence-corrected chi connectivity index (χ1v) is 5.49. The molecule has 1 aliphatic rings. The van der Waals surface area contributed by atoms with Gasteiger partial charge in [0, 0.05) is 11.1 Å². The molecule has 0 spiro atoms. The first-order valence-electron chi connectivity index (χ1n) is 5.49. The molecule has 1 saturated heterocycles. The Morgan fingerprint density at radius 3 is 2.69 bits per heavy atom. The quantitative estimate of drug-likeness (QED) is 0.787. The largest absolute Gasteiger partial charge is 0.476 e. The smallest absolute Gasteiger partial charge is 0.356 e. The minimum Gasteiger partial charge on any atom is -0.476 e. The van der Waals surface area contributed by atoms with Crippen LogP contribution in [0.5, 0.6) is 0 Å². The summed E-state index contributed by atoms with van der Waals surface area (Å²) >= 11 is 0. The fourth-order valence-electron chi connectivity index (χ4n) is 2.12. The zero-order chi connectivity index (χ0) is 11.8. The second kappa shape index (κ2) is 3.90. The van der Waals surface area contributed by atoms with Gasteiger partial charge in [0.05, 0.1) is 0 Å². The minimum atomic E-state index is -0.973. The highest BCUT2D eigenvalue weighted by molar-refractivity contribution is 5.85. The number of likely N-dealkylation sites (tertiary alicyclic amines) is 1. The topological polar surface area (TPSA) is 69.2 Å². The van der Waals surface area contributed by atoms with Gasteiger partial charge in [-0.15, -0.1) is 0 Å². The second-order valence-corrected chi connectivity index (χ2v) is 4.84. The average molecular weight is 223 g/mol. The Morgan fingerprint density at radius 2 is 2.19 bits per heavy atom. The van der Waals surface area contributed by atoms with Crippen molar-refractivity contribution in [3.8, 4) is 0 Å². The van der Waals surface area contributed by atoms with Gasteiger partial charge in [-0.25, -0.2) is 4.79 Å². The maximum Gasteiger partial charge on any atom is 0.356 e. The number of H-pyrrole nitrogens is 1. The highest BCUT2D eigenvalue weighted by Gasteiger charge is 2.32. The van der Waals surface area contributed by atoms with Crippen LogP contribution >= 0.6 is 0 Å². The van der Waals surface area contributed by atoms with Crippen molar-refractivity contribution in [3.63, 3.8) is 0 Å². The molecule has 16 heavy (non-hydrogen) atoms. The summed E-state index contributed by atoms with van der Waals surface area (Å²) in [5.41, 5.74) is 1.08. The van der Waals surface area contributed by atoms with E-state index < -0.39 is 5.97 Å². The van der Waals surface area contributed by atoms with Crippen molar-refractivity contribution in [2.75, 3.05) is 20.1 Å². The molecule has 1 aromatic heterocycles. The molecule has 5 heteroatoms. The number of aromatic amines is 1. The number of aromatic carboxylic acids is 1. The van der Waals surface area contributed by atoms with Gasteiger partial charge in [-0.3, -0.25) is 5.10 Å². The molecular weight excluding hydrogens is 206 g/mol. The Hall–Kier alpha value is -1.36. The van der Waals surface area contributed by atoms with Crippen molar-refractivity contribution < 1.29 is 9.90 Å². The van der Waals surface area contributed by atoms with Gasteiger partial charge >= 0.3 is 5.97 Å². The lowest BCUT2D eigenvalue weighted by atomic mass is 9.77. The van der Waals surface area contributed by atoms with E-state index in [0.29, 0.717) is 0 Å². The van der Waals surface area contributed by atoms with Crippen LogP contribution in [-0.4, -0.2) is 46.3 Å². The number of piperidine rings is 1. The van der Waals surface area contributed by atoms with E-state index in [4.69, 9.17) is 5.11 Å². The van der Waals surface area contributed by atoms with Crippen LogP contribution in [0.2, 0.25) is 0 Å². The van der Waals surface area contributed by atoms with E-state index in [0.717, 1.165) is 31.6 Å². The summed E-state index contributed by atoms with van der Waals surface area (Å²) in [6, 6.07) is 1.66. The molecule has 1 fully saturated rings. The SMILES string of the molecule is CN1CCC(C)(c2cc(C(=O)O)n[nH]2)CC1. The fraction of sp³-hybridized carbons (Fsp3) is 0.636. The van der Waals surface area contributed by atoms with Crippen molar-refractivity contribution in [1.82, 2.24) is 15.1 Å². The number of carboxylic acids is 1. The van der Waals surface area contributed by atoms with Crippen molar-refractivity contribution in [2.45, 2.75) is 25.2 Å². The zero-order valence-corrected chi connectivity index (χ0v) is 9.66. The molecule has 0 saturated carbocycles. The number of nitrogens with one attached hydrogen (secondary N) is 1. The number of aromatic nitrogens is 2. The predicted octanol–water partition coefficient (Wildman–Crippen LogP) is 1.09. The van der Waals surface area contributed by atoms with E-state index in [-0.39, 0.29) is 11.1 Å². The van der Waals surface area contributed by atoms with Crippen molar-refractivity contribution in [1.29, 1.82) is 0 Å². The molecule has 2 rings (SSSR count). The molecule has 1 aliphatic heterocycles. The first-order chi connectivity index (χ1) is 7.51. The van der Waals surface area contributed by atoms with Crippen LogP contribution < -0.4 is 0 Å². The molecule has 2 N–H and O–H groups in total. The van der Waals surface area contributed by atoms with E-state index in [1.807, 2.05) is 0 Å². The standard InChI is InChI=1S/C11H17N3O2/c1-11(3-5-14(2)6-4-11)9-7-8(10(15)16)12-13-9/h7H,3-6H2,1-2H3,(H,12,13)(H,15,16). The summed E-state index contributed by atoms with van der Waals surface area (Å²) < 4.78 is 0. The van der Waals surface area contributed by atoms with Gasteiger partial charge in [0.2, 0.25) is 0 Å². The van der Waals surface area contributed by atoms with E-state index in [1.165, 1.54) is 0 Å². The van der Waals surface area contributed by atoms with E-state index in [1.54, 1.807) is 6.07 Å².